The standard InChI is InChI=1S/C14H19N3O3S/c1-6-13(21-8(3)15-6)14(19)17-10-9-4-5-20-12(9)11(10)16-7(2)18/h9-12H,4-5H2,1-3H3,(H,16,18)(H,17,19)/t9-,10+,11-,12-/m0/s1. The summed E-state index contributed by atoms with van der Waals surface area (Å²) < 4.78 is 5.63. The Hall–Kier alpha value is -1.47. The monoisotopic (exact) mass is 309 g/mol. The van der Waals surface area contributed by atoms with Gasteiger partial charge in [0.05, 0.1) is 28.9 Å². The van der Waals surface area contributed by atoms with Crippen molar-refractivity contribution in [2.45, 2.75) is 45.4 Å². The van der Waals surface area contributed by atoms with Crippen LogP contribution in [0, 0.1) is 19.8 Å². The predicted octanol–water partition coefficient (Wildman–Crippen LogP) is 0.782. The van der Waals surface area contributed by atoms with E-state index in [0.29, 0.717) is 17.4 Å². The first-order valence-corrected chi connectivity index (χ1v) is 7.92. The lowest BCUT2D eigenvalue weighted by molar-refractivity contribution is -0.123. The molecule has 2 aliphatic rings. The summed E-state index contributed by atoms with van der Waals surface area (Å²) in [4.78, 5) is 28.6. The largest absolute Gasteiger partial charge is 0.376 e. The molecular formula is C14H19N3O3S. The number of nitrogens with zero attached hydrogens (tertiary/aromatic N) is 1. The highest BCUT2D eigenvalue weighted by Crippen LogP contribution is 2.39. The molecule has 2 heterocycles. The highest BCUT2D eigenvalue weighted by molar-refractivity contribution is 7.13. The molecule has 1 saturated carbocycles. The SMILES string of the molecule is CC(=O)N[C@H]1[C@H](NC(=O)c2sc(C)nc2C)[C@@H]2CCO[C@@H]21. The fourth-order valence-electron chi connectivity index (χ4n) is 3.27. The van der Waals surface area contributed by atoms with Gasteiger partial charge in [0.25, 0.3) is 5.91 Å². The number of fused-ring (bicyclic) bond motifs is 1. The van der Waals surface area contributed by atoms with Crippen molar-refractivity contribution in [3.63, 3.8) is 0 Å². The average Bonchev–Trinajstić information content (AvgIpc) is 2.97. The smallest absolute Gasteiger partial charge is 0.263 e. The summed E-state index contributed by atoms with van der Waals surface area (Å²) in [5.41, 5.74) is 0.754. The Balaban J connectivity index is 1.72. The Morgan fingerprint density at radius 1 is 1.29 bits per heavy atom. The summed E-state index contributed by atoms with van der Waals surface area (Å²) in [5.74, 6) is 0.0851. The molecule has 0 spiro atoms. The highest BCUT2D eigenvalue weighted by Gasteiger charge is 2.55. The van der Waals surface area contributed by atoms with Gasteiger partial charge in [-0.3, -0.25) is 9.59 Å². The van der Waals surface area contributed by atoms with Gasteiger partial charge in [0.2, 0.25) is 5.91 Å². The van der Waals surface area contributed by atoms with Gasteiger partial charge in [0.15, 0.2) is 0 Å². The van der Waals surface area contributed by atoms with E-state index in [1.54, 1.807) is 0 Å². The Morgan fingerprint density at radius 2 is 2.05 bits per heavy atom. The van der Waals surface area contributed by atoms with Gasteiger partial charge in [0, 0.05) is 19.4 Å². The lowest BCUT2D eigenvalue weighted by atomic mass is 9.71. The van der Waals surface area contributed by atoms with E-state index in [2.05, 4.69) is 15.6 Å². The van der Waals surface area contributed by atoms with Gasteiger partial charge in [-0.05, 0) is 20.3 Å². The molecule has 2 amide bonds. The van der Waals surface area contributed by atoms with Crippen LogP contribution < -0.4 is 10.6 Å². The van der Waals surface area contributed by atoms with Crippen LogP contribution in [-0.4, -0.2) is 41.6 Å². The zero-order chi connectivity index (χ0) is 15.1. The maximum atomic E-state index is 12.4. The van der Waals surface area contributed by atoms with Crippen LogP contribution in [0.1, 0.15) is 33.7 Å². The molecule has 1 aliphatic carbocycles. The summed E-state index contributed by atoms with van der Waals surface area (Å²) in [6, 6.07) is -0.191. The zero-order valence-electron chi connectivity index (χ0n) is 12.3. The van der Waals surface area contributed by atoms with E-state index in [0.717, 1.165) is 17.1 Å². The van der Waals surface area contributed by atoms with E-state index in [-0.39, 0.29) is 30.0 Å². The molecule has 0 aromatic carbocycles. The Labute approximate surface area is 127 Å². The number of hydrogen-bond acceptors (Lipinski definition) is 5. The van der Waals surface area contributed by atoms with Crippen LogP contribution in [0.2, 0.25) is 0 Å². The van der Waals surface area contributed by atoms with E-state index in [9.17, 15) is 9.59 Å². The van der Waals surface area contributed by atoms with E-state index in [1.165, 1.54) is 18.3 Å². The lowest BCUT2D eigenvalue weighted by Gasteiger charge is -2.47. The minimum absolute atomic E-state index is 0.0310. The second-order valence-corrected chi connectivity index (χ2v) is 6.86. The number of hydrogen-bond donors (Lipinski definition) is 2. The van der Waals surface area contributed by atoms with E-state index in [1.807, 2.05) is 13.8 Å². The Morgan fingerprint density at radius 3 is 2.67 bits per heavy atom. The van der Waals surface area contributed by atoms with E-state index in [4.69, 9.17) is 4.74 Å². The summed E-state index contributed by atoms with van der Waals surface area (Å²) in [6.45, 7) is 5.90. The number of carbonyl (C=O) groups is 2. The number of aryl methyl sites for hydroxylation is 2. The molecule has 0 radical (unpaired) electrons. The quantitative estimate of drug-likeness (QED) is 0.865. The first-order valence-electron chi connectivity index (χ1n) is 7.11. The molecule has 2 N–H and O–H groups in total. The third kappa shape index (κ3) is 2.55. The van der Waals surface area contributed by atoms with Crippen LogP contribution in [0.4, 0.5) is 0 Å². The third-order valence-electron chi connectivity index (χ3n) is 4.16. The minimum Gasteiger partial charge on any atom is -0.376 e. The number of amides is 2. The number of ether oxygens (including phenoxy) is 1. The van der Waals surface area contributed by atoms with Gasteiger partial charge in [0.1, 0.15) is 4.88 Å². The number of rotatable bonds is 3. The van der Waals surface area contributed by atoms with Crippen LogP contribution in [0.3, 0.4) is 0 Å². The topological polar surface area (TPSA) is 80.3 Å². The molecule has 7 heteroatoms. The predicted molar refractivity (Wildman–Crippen MR) is 78.3 cm³/mol. The lowest BCUT2D eigenvalue weighted by Crippen LogP contribution is -2.70. The van der Waals surface area contributed by atoms with Gasteiger partial charge in [-0.25, -0.2) is 4.98 Å². The van der Waals surface area contributed by atoms with Crippen molar-refractivity contribution in [2.24, 2.45) is 5.92 Å². The van der Waals surface area contributed by atoms with Crippen molar-refractivity contribution >= 4 is 23.2 Å². The third-order valence-corrected chi connectivity index (χ3v) is 5.23. The molecule has 3 rings (SSSR count). The number of aromatic nitrogens is 1. The Bertz CT molecular complexity index is 586. The van der Waals surface area contributed by atoms with Crippen molar-refractivity contribution < 1.29 is 14.3 Å². The van der Waals surface area contributed by atoms with Crippen LogP contribution in [0.25, 0.3) is 0 Å². The summed E-state index contributed by atoms with van der Waals surface area (Å²) in [5, 5.41) is 6.82. The summed E-state index contributed by atoms with van der Waals surface area (Å²) in [6.07, 6.45) is 0.954. The molecule has 0 unspecified atom stereocenters. The van der Waals surface area contributed by atoms with Gasteiger partial charge in [-0.15, -0.1) is 11.3 Å². The van der Waals surface area contributed by atoms with Gasteiger partial charge >= 0.3 is 0 Å². The average molecular weight is 309 g/mol. The maximum absolute atomic E-state index is 12.4. The first kappa shape index (κ1) is 14.5. The van der Waals surface area contributed by atoms with Gasteiger partial charge in [-0.2, -0.15) is 0 Å². The van der Waals surface area contributed by atoms with Crippen molar-refractivity contribution in [2.75, 3.05) is 6.61 Å². The fourth-order valence-corrected chi connectivity index (χ4v) is 4.09. The van der Waals surface area contributed by atoms with Crippen molar-refractivity contribution in [1.29, 1.82) is 0 Å². The van der Waals surface area contributed by atoms with Crippen molar-refractivity contribution in [1.82, 2.24) is 15.6 Å². The van der Waals surface area contributed by atoms with Gasteiger partial charge < -0.3 is 15.4 Å². The molecule has 114 valence electrons. The summed E-state index contributed by atoms with van der Waals surface area (Å²) >= 11 is 1.40. The molecule has 1 saturated heterocycles. The van der Waals surface area contributed by atoms with Crippen LogP contribution >= 0.6 is 11.3 Å². The zero-order valence-corrected chi connectivity index (χ0v) is 13.1. The molecular weight excluding hydrogens is 290 g/mol. The molecule has 6 nitrogen and oxygen atoms in total. The molecule has 4 atom stereocenters. The minimum atomic E-state index is -0.131. The molecule has 2 fully saturated rings. The van der Waals surface area contributed by atoms with Crippen LogP contribution in [0.5, 0.6) is 0 Å². The van der Waals surface area contributed by atoms with Crippen LogP contribution in [-0.2, 0) is 9.53 Å². The van der Waals surface area contributed by atoms with Gasteiger partial charge in [-0.1, -0.05) is 0 Å². The normalized spacial score (nSPS) is 30.4. The first-order chi connectivity index (χ1) is 9.97. The number of nitrogens with one attached hydrogen (secondary N) is 2. The molecule has 0 bridgehead atoms. The van der Waals surface area contributed by atoms with E-state index < -0.39 is 0 Å². The van der Waals surface area contributed by atoms with Crippen LogP contribution in [0.15, 0.2) is 0 Å². The van der Waals surface area contributed by atoms with E-state index >= 15 is 0 Å². The second-order valence-electron chi connectivity index (χ2n) is 5.66. The van der Waals surface area contributed by atoms with Crippen molar-refractivity contribution in [3.8, 4) is 0 Å². The Kier molecular flexibility index (Phi) is 3.71. The molecule has 1 aromatic rings. The second kappa shape index (κ2) is 5.38. The molecule has 1 aromatic heterocycles. The maximum Gasteiger partial charge on any atom is 0.263 e. The summed E-state index contributed by atoms with van der Waals surface area (Å²) in [7, 11) is 0. The number of carbonyl (C=O) groups excluding carboxylic acids is 2. The fraction of sp³-hybridized carbons (Fsp3) is 0.643. The molecule has 1 aliphatic heterocycles. The van der Waals surface area contributed by atoms with Crippen molar-refractivity contribution in [3.05, 3.63) is 15.6 Å². The highest BCUT2D eigenvalue weighted by atomic mass is 32.1. The number of thiazole rings is 1. The molecule has 21 heavy (non-hydrogen) atoms.